The minimum absolute atomic E-state index is 0.246. The Morgan fingerprint density at radius 2 is 1.43 bits per heavy atom. The van der Waals surface area contributed by atoms with Gasteiger partial charge in [0.25, 0.3) is 5.91 Å². The van der Waals surface area contributed by atoms with Crippen LogP contribution in [0.3, 0.4) is 0 Å². The van der Waals surface area contributed by atoms with E-state index in [1.807, 2.05) is 91.9 Å². The van der Waals surface area contributed by atoms with E-state index in [0.717, 1.165) is 16.7 Å². The van der Waals surface area contributed by atoms with Gasteiger partial charge in [-0.3, -0.25) is 19.5 Å². The highest BCUT2D eigenvalue weighted by molar-refractivity contribution is 6.06. The minimum Gasteiger partial charge on any atom is -0.347 e. The second-order valence-corrected chi connectivity index (χ2v) is 8.16. The number of carbonyl (C=O) groups excluding carboxylic acids is 2. The number of benzene rings is 3. The average Bonchev–Trinajstić information content (AvgIpc) is 2.92. The smallest absolute Gasteiger partial charge is 0.251 e. The van der Waals surface area contributed by atoms with Crippen LogP contribution in [0, 0.1) is 0 Å². The summed E-state index contributed by atoms with van der Waals surface area (Å²) >= 11 is 0. The molecular formula is C30H27N3O2. The van der Waals surface area contributed by atoms with E-state index in [9.17, 15) is 9.59 Å². The molecule has 0 unspecified atom stereocenters. The van der Waals surface area contributed by atoms with E-state index in [1.165, 1.54) is 11.0 Å². The molecule has 174 valence electrons. The van der Waals surface area contributed by atoms with Crippen molar-refractivity contribution in [2.75, 3.05) is 4.90 Å². The summed E-state index contributed by atoms with van der Waals surface area (Å²) in [5, 5.41) is 3.07. The molecule has 0 aliphatic rings. The minimum atomic E-state index is -0.928. The van der Waals surface area contributed by atoms with Gasteiger partial charge in [-0.2, -0.15) is 0 Å². The standard InChI is InChI=1S/C30H27N3O2/c1-3-28(34)33(27-18-16-25(17-19-27)24-13-8-5-9-14-24)29(26-15-10-20-31-21-26)30(35)32-22(2)23-11-6-4-7-12-23/h3-22,29H,1H2,2H3,(H,32,35)/t22-,29+/m0/s1. The van der Waals surface area contributed by atoms with Crippen molar-refractivity contribution >= 4 is 17.5 Å². The van der Waals surface area contributed by atoms with Crippen molar-refractivity contribution in [2.45, 2.75) is 19.0 Å². The van der Waals surface area contributed by atoms with Crippen molar-refractivity contribution in [3.8, 4) is 11.1 Å². The van der Waals surface area contributed by atoms with E-state index in [1.54, 1.807) is 24.5 Å². The van der Waals surface area contributed by atoms with Crippen molar-refractivity contribution in [2.24, 2.45) is 0 Å². The molecule has 1 aromatic heterocycles. The molecule has 2 amide bonds. The van der Waals surface area contributed by atoms with Gasteiger partial charge in [-0.15, -0.1) is 0 Å². The van der Waals surface area contributed by atoms with Crippen LogP contribution in [-0.2, 0) is 9.59 Å². The highest BCUT2D eigenvalue weighted by Crippen LogP contribution is 2.31. The third kappa shape index (κ3) is 5.53. The number of hydrogen-bond acceptors (Lipinski definition) is 3. The Balaban J connectivity index is 1.71. The number of rotatable bonds is 8. The first kappa shape index (κ1) is 23.6. The van der Waals surface area contributed by atoms with Crippen LogP contribution in [0.25, 0.3) is 11.1 Å². The summed E-state index contributed by atoms with van der Waals surface area (Å²) in [6, 6.07) is 29.6. The van der Waals surface area contributed by atoms with E-state index in [2.05, 4.69) is 16.9 Å². The van der Waals surface area contributed by atoms with Crippen LogP contribution in [0.5, 0.6) is 0 Å². The predicted molar refractivity (Wildman–Crippen MR) is 140 cm³/mol. The molecule has 4 aromatic rings. The van der Waals surface area contributed by atoms with E-state index in [-0.39, 0.29) is 17.9 Å². The van der Waals surface area contributed by atoms with Crippen LogP contribution in [0.4, 0.5) is 5.69 Å². The number of anilines is 1. The lowest BCUT2D eigenvalue weighted by Gasteiger charge is -2.31. The first-order valence-electron chi connectivity index (χ1n) is 11.4. The SMILES string of the molecule is C=CC(=O)N(c1ccc(-c2ccccc2)cc1)[C@@H](C(=O)N[C@@H](C)c1ccccc1)c1cccnc1. The van der Waals surface area contributed by atoms with Crippen LogP contribution in [0.1, 0.15) is 30.1 Å². The molecule has 1 heterocycles. The summed E-state index contributed by atoms with van der Waals surface area (Å²) < 4.78 is 0. The number of nitrogens with zero attached hydrogens (tertiary/aromatic N) is 2. The number of nitrogens with one attached hydrogen (secondary N) is 1. The molecule has 0 bridgehead atoms. The van der Waals surface area contributed by atoms with Crippen molar-refractivity contribution in [1.82, 2.24) is 10.3 Å². The van der Waals surface area contributed by atoms with E-state index in [4.69, 9.17) is 0 Å². The van der Waals surface area contributed by atoms with Crippen LogP contribution >= 0.6 is 0 Å². The molecule has 0 aliphatic carbocycles. The highest BCUT2D eigenvalue weighted by Gasteiger charge is 2.32. The largest absolute Gasteiger partial charge is 0.347 e. The van der Waals surface area contributed by atoms with Gasteiger partial charge in [-0.25, -0.2) is 0 Å². The van der Waals surface area contributed by atoms with Crippen LogP contribution < -0.4 is 10.2 Å². The number of carbonyl (C=O) groups is 2. The Hall–Kier alpha value is -4.51. The first-order chi connectivity index (χ1) is 17.1. The normalized spacial score (nSPS) is 12.3. The molecule has 0 aliphatic heterocycles. The Labute approximate surface area is 205 Å². The molecule has 0 radical (unpaired) electrons. The number of aromatic nitrogens is 1. The summed E-state index contributed by atoms with van der Waals surface area (Å²) in [4.78, 5) is 32.5. The molecule has 0 spiro atoms. The lowest BCUT2D eigenvalue weighted by Crippen LogP contribution is -2.44. The average molecular weight is 462 g/mol. The molecule has 4 rings (SSSR count). The van der Waals surface area contributed by atoms with Crippen molar-refractivity contribution in [1.29, 1.82) is 0 Å². The van der Waals surface area contributed by atoms with E-state index < -0.39 is 6.04 Å². The maximum Gasteiger partial charge on any atom is 0.251 e. The maximum atomic E-state index is 13.7. The Morgan fingerprint density at radius 1 is 0.829 bits per heavy atom. The zero-order valence-electron chi connectivity index (χ0n) is 19.5. The molecule has 5 nitrogen and oxygen atoms in total. The quantitative estimate of drug-likeness (QED) is 0.333. The molecule has 2 atom stereocenters. The molecule has 3 aromatic carbocycles. The van der Waals surface area contributed by atoms with Gasteiger partial charge < -0.3 is 5.32 Å². The fraction of sp³-hybridized carbons (Fsp3) is 0.100. The zero-order valence-corrected chi connectivity index (χ0v) is 19.5. The summed E-state index contributed by atoms with van der Waals surface area (Å²) in [6.07, 6.45) is 4.47. The lowest BCUT2D eigenvalue weighted by molar-refractivity contribution is -0.125. The Kier molecular flexibility index (Phi) is 7.48. The van der Waals surface area contributed by atoms with Gasteiger partial charge in [0.1, 0.15) is 6.04 Å². The third-order valence-electron chi connectivity index (χ3n) is 5.83. The summed E-state index contributed by atoms with van der Waals surface area (Å²) in [6.45, 7) is 5.60. The van der Waals surface area contributed by atoms with Gasteiger partial charge in [0.15, 0.2) is 0 Å². The molecule has 1 N–H and O–H groups in total. The summed E-state index contributed by atoms with van der Waals surface area (Å²) in [5.74, 6) is -0.689. The van der Waals surface area contributed by atoms with Gasteiger partial charge in [-0.1, -0.05) is 85.4 Å². The Bertz CT molecular complexity index is 1270. The van der Waals surface area contributed by atoms with Crippen LogP contribution in [0.2, 0.25) is 0 Å². The maximum absolute atomic E-state index is 13.7. The molecule has 5 heteroatoms. The van der Waals surface area contributed by atoms with Gasteiger partial charge in [-0.05, 0) is 47.9 Å². The number of amides is 2. The second-order valence-electron chi connectivity index (χ2n) is 8.16. The zero-order chi connectivity index (χ0) is 24.6. The number of pyridine rings is 1. The van der Waals surface area contributed by atoms with Gasteiger partial charge >= 0.3 is 0 Å². The number of hydrogen-bond donors (Lipinski definition) is 1. The molecule has 35 heavy (non-hydrogen) atoms. The topological polar surface area (TPSA) is 62.3 Å². The van der Waals surface area contributed by atoms with E-state index >= 15 is 0 Å². The third-order valence-corrected chi connectivity index (χ3v) is 5.83. The molecule has 0 saturated carbocycles. The van der Waals surface area contributed by atoms with Gasteiger partial charge in [0.05, 0.1) is 6.04 Å². The lowest BCUT2D eigenvalue weighted by atomic mass is 10.0. The van der Waals surface area contributed by atoms with Crippen molar-refractivity contribution in [3.63, 3.8) is 0 Å². The first-order valence-corrected chi connectivity index (χ1v) is 11.4. The van der Waals surface area contributed by atoms with Gasteiger partial charge in [0.2, 0.25) is 5.91 Å². The molecule has 0 saturated heterocycles. The fourth-order valence-electron chi connectivity index (χ4n) is 4.02. The predicted octanol–water partition coefficient (Wildman–Crippen LogP) is 5.89. The van der Waals surface area contributed by atoms with Crippen LogP contribution in [0.15, 0.2) is 122 Å². The molecular weight excluding hydrogens is 434 g/mol. The second kappa shape index (κ2) is 11.1. The Morgan fingerprint density at radius 3 is 2.03 bits per heavy atom. The van der Waals surface area contributed by atoms with Gasteiger partial charge in [0, 0.05) is 23.6 Å². The summed E-state index contributed by atoms with van der Waals surface area (Å²) in [5.41, 5.74) is 4.25. The summed E-state index contributed by atoms with van der Waals surface area (Å²) in [7, 11) is 0. The van der Waals surface area contributed by atoms with Crippen molar-refractivity contribution < 1.29 is 9.59 Å². The van der Waals surface area contributed by atoms with Crippen LogP contribution in [-0.4, -0.2) is 16.8 Å². The fourth-order valence-corrected chi connectivity index (χ4v) is 4.02. The molecule has 0 fully saturated rings. The van der Waals surface area contributed by atoms with Crippen molar-refractivity contribution in [3.05, 3.63) is 133 Å². The monoisotopic (exact) mass is 461 g/mol. The van der Waals surface area contributed by atoms with E-state index in [0.29, 0.717) is 11.3 Å². The highest BCUT2D eigenvalue weighted by atomic mass is 16.2.